The summed E-state index contributed by atoms with van der Waals surface area (Å²) in [5.74, 6) is 2.71. The summed E-state index contributed by atoms with van der Waals surface area (Å²) in [6.45, 7) is 2.31. The van der Waals surface area contributed by atoms with Gasteiger partial charge in [0.2, 0.25) is 0 Å². The highest BCUT2D eigenvalue weighted by Gasteiger charge is 2.42. The zero-order valence-electron chi connectivity index (χ0n) is 6.01. The lowest BCUT2D eigenvalue weighted by Gasteiger charge is -2.23. The van der Waals surface area contributed by atoms with Crippen LogP contribution in [0.1, 0.15) is 26.2 Å². The summed E-state index contributed by atoms with van der Waals surface area (Å²) in [7, 11) is 0. The molecule has 2 aliphatic carbocycles. The van der Waals surface area contributed by atoms with E-state index in [1.807, 2.05) is 0 Å². The van der Waals surface area contributed by atoms with Gasteiger partial charge in [0, 0.05) is 6.04 Å². The molecule has 1 heteroatoms. The quantitative estimate of drug-likeness (QED) is 0.520. The molecular formula is C8H15N. The SMILES string of the molecule is CC1C2CCC(C2)C1N. The second-order valence-corrected chi connectivity index (χ2v) is 3.77. The van der Waals surface area contributed by atoms with Gasteiger partial charge in [-0.3, -0.25) is 0 Å². The van der Waals surface area contributed by atoms with Crippen molar-refractivity contribution >= 4 is 0 Å². The first-order valence-electron chi connectivity index (χ1n) is 4.04. The van der Waals surface area contributed by atoms with Crippen molar-refractivity contribution in [1.29, 1.82) is 0 Å². The van der Waals surface area contributed by atoms with Gasteiger partial charge in [0.05, 0.1) is 0 Å². The first-order chi connectivity index (χ1) is 4.29. The third kappa shape index (κ3) is 0.644. The van der Waals surface area contributed by atoms with Crippen molar-refractivity contribution in [3.8, 4) is 0 Å². The molecule has 0 spiro atoms. The normalized spacial score (nSPS) is 56.7. The Hall–Kier alpha value is -0.0400. The monoisotopic (exact) mass is 125 g/mol. The van der Waals surface area contributed by atoms with Crippen LogP contribution >= 0.6 is 0 Å². The van der Waals surface area contributed by atoms with Crippen LogP contribution in [0.2, 0.25) is 0 Å². The molecule has 1 nitrogen and oxygen atoms in total. The fourth-order valence-corrected chi connectivity index (χ4v) is 2.62. The lowest BCUT2D eigenvalue weighted by atomic mass is 9.87. The van der Waals surface area contributed by atoms with E-state index in [0.29, 0.717) is 6.04 Å². The van der Waals surface area contributed by atoms with E-state index < -0.39 is 0 Å². The minimum absolute atomic E-state index is 0.545. The molecule has 0 aromatic heterocycles. The zero-order chi connectivity index (χ0) is 6.43. The number of hydrogen-bond acceptors (Lipinski definition) is 1. The van der Waals surface area contributed by atoms with E-state index in [1.165, 1.54) is 19.3 Å². The highest BCUT2D eigenvalue weighted by atomic mass is 14.7. The minimum atomic E-state index is 0.545. The average Bonchev–Trinajstić information content (AvgIpc) is 2.37. The maximum Gasteiger partial charge on any atom is 0.00957 e. The molecule has 4 atom stereocenters. The van der Waals surface area contributed by atoms with Crippen LogP contribution in [-0.4, -0.2) is 6.04 Å². The summed E-state index contributed by atoms with van der Waals surface area (Å²) in [6.07, 6.45) is 4.30. The second kappa shape index (κ2) is 1.72. The number of rotatable bonds is 0. The molecule has 0 amide bonds. The molecule has 0 radical (unpaired) electrons. The summed E-state index contributed by atoms with van der Waals surface area (Å²) in [6, 6.07) is 0.545. The molecule has 0 aromatic carbocycles. The molecule has 0 saturated heterocycles. The van der Waals surface area contributed by atoms with Crippen molar-refractivity contribution in [2.75, 3.05) is 0 Å². The maximum absolute atomic E-state index is 5.96. The van der Waals surface area contributed by atoms with Crippen LogP contribution in [0, 0.1) is 17.8 Å². The van der Waals surface area contributed by atoms with Gasteiger partial charge in [-0.05, 0) is 37.0 Å². The van der Waals surface area contributed by atoms with Gasteiger partial charge in [-0.2, -0.15) is 0 Å². The van der Waals surface area contributed by atoms with Crippen LogP contribution in [0.5, 0.6) is 0 Å². The molecule has 2 rings (SSSR count). The summed E-state index contributed by atoms with van der Waals surface area (Å²) in [4.78, 5) is 0. The number of fused-ring (bicyclic) bond motifs is 2. The van der Waals surface area contributed by atoms with Gasteiger partial charge in [0.1, 0.15) is 0 Å². The van der Waals surface area contributed by atoms with Crippen LogP contribution in [0.15, 0.2) is 0 Å². The van der Waals surface area contributed by atoms with Gasteiger partial charge in [0.25, 0.3) is 0 Å². The molecule has 2 aliphatic rings. The largest absolute Gasteiger partial charge is 0.327 e. The van der Waals surface area contributed by atoms with Crippen LogP contribution in [-0.2, 0) is 0 Å². The highest BCUT2D eigenvalue weighted by molar-refractivity contribution is 4.96. The fourth-order valence-electron chi connectivity index (χ4n) is 2.62. The fraction of sp³-hybridized carbons (Fsp3) is 1.00. The Morgan fingerprint density at radius 1 is 1.22 bits per heavy atom. The van der Waals surface area contributed by atoms with E-state index in [4.69, 9.17) is 5.73 Å². The molecule has 2 fully saturated rings. The molecule has 4 unspecified atom stereocenters. The van der Waals surface area contributed by atoms with E-state index in [-0.39, 0.29) is 0 Å². The summed E-state index contributed by atoms with van der Waals surface area (Å²) in [5.41, 5.74) is 5.96. The molecule has 2 bridgehead atoms. The Bertz CT molecular complexity index is 104. The highest BCUT2D eigenvalue weighted by Crippen LogP contribution is 2.47. The van der Waals surface area contributed by atoms with Gasteiger partial charge >= 0.3 is 0 Å². The van der Waals surface area contributed by atoms with Crippen molar-refractivity contribution in [3.63, 3.8) is 0 Å². The van der Waals surface area contributed by atoms with E-state index in [1.54, 1.807) is 0 Å². The minimum Gasteiger partial charge on any atom is -0.327 e. The first-order valence-corrected chi connectivity index (χ1v) is 4.04. The molecule has 0 aromatic rings. The lowest BCUT2D eigenvalue weighted by Crippen LogP contribution is -2.33. The predicted molar refractivity (Wildman–Crippen MR) is 38.0 cm³/mol. The standard InChI is InChI=1S/C8H15N/c1-5-6-2-3-7(4-6)8(5)9/h5-8H,2-4,9H2,1H3. The van der Waals surface area contributed by atoms with E-state index >= 15 is 0 Å². The first kappa shape index (κ1) is 5.72. The molecule has 52 valence electrons. The topological polar surface area (TPSA) is 26.0 Å². The summed E-state index contributed by atoms with van der Waals surface area (Å²) in [5, 5.41) is 0. The predicted octanol–water partition coefficient (Wildman–Crippen LogP) is 1.38. The van der Waals surface area contributed by atoms with Gasteiger partial charge in [0.15, 0.2) is 0 Å². The van der Waals surface area contributed by atoms with Crippen LogP contribution < -0.4 is 5.73 Å². The van der Waals surface area contributed by atoms with Gasteiger partial charge < -0.3 is 5.73 Å². The van der Waals surface area contributed by atoms with Crippen LogP contribution in [0.25, 0.3) is 0 Å². The molecule has 2 saturated carbocycles. The van der Waals surface area contributed by atoms with Gasteiger partial charge in [-0.1, -0.05) is 6.92 Å². The Balaban J connectivity index is 2.15. The molecule has 0 heterocycles. The van der Waals surface area contributed by atoms with Crippen molar-refractivity contribution < 1.29 is 0 Å². The van der Waals surface area contributed by atoms with E-state index in [2.05, 4.69) is 6.92 Å². The lowest BCUT2D eigenvalue weighted by molar-refractivity contribution is 0.312. The van der Waals surface area contributed by atoms with Crippen molar-refractivity contribution in [1.82, 2.24) is 0 Å². The van der Waals surface area contributed by atoms with Crippen LogP contribution in [0.4, 0.5) is 0 Å². The Labute approximate surface area is 56.6 Å². The van der Waals surface area contributed by atoms with Crippen LogP contribution in [0.3, 0.4) is 0 Å². The summed E-state index contributed by atoms with van der Waals surface area (Å²) >= 11 is 0. The number of nitrogens with two attached hydrogens (primary N) is 1. The maximum atomic E-state index is 5.96. The zero-order valence-corrected chi connectivity index (χ0v) is 6.01. The van der Waals surface area contributed by atoms with E-state index in [0.717, 1.165) is 17.8 Å². The molecule has 0 aliphatic heterocycles. The Morgan fingerprint density at radius 3 is 2.22 bits per heavy atom. The van der Waals surface area contributed by atoms with Crippen molar-refractivity contribution in [3.05, 3.63) is 0 Å². The second-order valence-electron chi connectivity index (χ2n) is 3.77. The molecule has 2 N–H and O–H groups in total. The van der Waals surface area contributed by atoms with Crippen molar-refractivity contribution in [2.24, 2.45) is 23.5 Å². The average molecular weight is 125 g/mol. The van der Waals surface area contributed by atoms with Crippen molar-refractivity contribution in [2.45, 2.75) is 32.2 Å². The van der Waals surface area contributed by atoms with E-state index in [9.17, 15) is 0 Å². The van der Waals surface area contributed by atoms with Gasteiger partial charge in [-0.15, -0.1) is 0 Å². The Morgan fingerprint density at radius 2 is 1.89 bits per heavy atom. The molecular weight excluding hydrogens is 110 g/mol. The van der Waals surface area contributed by atoms with Gasteiger partial charge in [-0.25, -0.2) is 0 Å². The summed E-state index contributed by atoms with van der Waals surface area (Å²) < 4.78 is 0. The number of hydrogen-bond donors (Lipinski definition) is 1. The molecule has 9 heavy (non-hydrogen) atoms. The third-order valence-corrected chi connectivity index (χ3v) is 3.41. The smallest absolute Gasteiger partial charge is 0.00957 e. The third-order valence-electron chi connectivity index (χ3n) is 3.41. The Kier molecular flexibility index (Phi) is 1.10.